The molecule has 0 atom stereocenters. The van der Waals surface area contributed by atoms with E-state index in [0.29, 0.717) is 11.5 Å². The van der Waals surface area contributed by atoms with Gasteiger partial charge in [-0.2, -0.15) is 0 Å². The van der Waals surface area contributed by atoms with Crippen LogP contribution in [-0.2, 0) is 0 Å². The number of fused-ring (bicyclic) bond motifs is 1. The molecule has 1 amide bonds. The van der Waals surface area contributed by atoms with Crippen LogP contribution in [0.5, 0.6) is 0 Å². The Bertz CT molecular complexity index is 1120. The number of amides is 1. The highest BCUT2D eigenvalue weighted by atomic mass is 35.5. The minimum atomic E-state index is -0.547. The molecule has 0 radical (unpaired) electrons. The van der Waals surface area contributed by atoms with Crippen LogP contribution in [0.2, 0.25) is 0 Å². The monoisotopic (exact) mass is 381 g/mol. The Morgan fingerprint density at radius 3 is 2.67 bits per heavy atom. The number of hydrogen-bond donors (Lipinski definition) is 2. The number of aromatic nitrogens is 2. The summed E-state index contributed by atoms with van der Waals surface area (Å²) in [6.07, 6.45) is 0. The van der Waals surface area contributed by atoms with E-state index in [0.717, 1.165) is 22.2 Å². The summed E-state index contributed by atoms with van der Waals surface area (Å²) >= 11 is 0. The van der Waals surface area contributed by atoms with Gasteiger partial charge in [-0.3, -0.25) is 4.79 Å². The van der Waals surface area contributed by atoms with Gasteiger partial charge in [-0.05, 0) is 48.9 Å². The number of nitrogens with zero attached hydrogens (tertiary/aromatic N) is 1. The molecule has 27 heavy (non-hydrogen) atoms. The predicted octanol–water partition coefficient (Wildman–Crippen LogP) is 5.35. The molecule has 1 aromatic heterocycles. The summed E-state index contributed by atoms with van der Waals surface area (Å²) in [5.41, 5.74) is 4.42. The number of carbonyl (C=O) groups is 1. The number of aromatic amines is 1. The fraction of sp³-hybridized carbons (Fsp3) is 0.0476. The SMILES string of the molecule is Cc1ccc2nc(-c3cccc(NC(=O)c4ccccc4F)c3)[nH]c2c1.Cl. The molecule has 4 rings (SSSR count). The number of benzene rings is 3. The minimum Gasteiger partial charge on any atom is -0.338 e. The van der Waals surface area contributed by atoms with Crippen LogP contribution < -0.4 is 5.32 Å². The van der Waals surface area contributed by atoms with Crippen LogP contribution in [0.1, 0.15) is 15.9 Å². The number of nitrogens with one attached hydrogen (secondary N) is 2. The first-order valence-electron chi connectivity index (χ1n) is 8.23. The van der Waals surface area contributed by atoms with E-state index in [2.05, 4.69) is 15.3 Å². The first kappa shape index (κ1) is 18.6. The van der Waals surface area contributed by atoms with Crippen LogP contribution >= 0.6 is 12.4 Å². The van der Waals surface area contributed by atoms with Gasteiger partial charge >= 0.3 is 0 Å². The van der Waals surface area contributed by atoms with Gasteiger partial charge < -0.3 is 10.3 Å². The molecule has 4 nitrogen and oxygen atoms in total. The molecule has 136 valence electrons. The molecular formula is C21H17ClFN3O. The van der Waals surface area contributed by atoms with Crippen molar-refractivity contribution in [3.05, 3.63) is 83.7 Å². The van der Waals surface area contributed by atoms with Crippen LogP contribution in [-0.4, -0.2) is 15.9 Å². The van der Waals surface area contributed by atoms with Crippen LogP contribution in [0, 0.1) is 12.7 Å². The van der Waals surface area contributed by atoms with E-state index < -0.39 is 11.7 Å². The Balaban J connectivity index is 0.00000210. The Kier molecular flexibility index (Phi) is 5.23. The lowest BCUT2D eigenvalue weighted by Crippen LogP contribution is -2.13. The molecule has 2 N–H and O–H groups in total. The van der Waals surface area contributed by atoms with E-state index in [-0.39, 0.29) is 18.0 Å². The highest BCUT2D eigenvalue weighted by Gasteiger charge is 2.12. The highest BCUT2D eigenvalue weighted by molar-refractivity contribution is 6.04. The first-order valence-corrected chi connectivity index (χ1v) is 8.23. The van der Waals surface area contributed by atoms with E-state index in [1.54, 1.807) is 18.2 Å². The molecule has 0 aliphatic rings. The molecule has 0 saturated carbocycles. The third-order valence-corrected chi connectivity index (χ3v) is 4.15. The number of anilines is 1. The number of rotatable bonds is 3. The average Bonchev–Trinajstić information content (AvgIpc) is 3.05. The third-order valence-electron chi connectivity index (χ3n) is 4.15. The van der Waals surface area contributed by atoms with Crippen molar-refractivity contribution in [2.24, 2.45) is 0 Å². The topological polar surface area (TPSA) is 57.8 Å². The van der Waals surface area contributed by atoms with Gasteiger partial charge in [0.2, 0.25) is 0 Å². The maximum absolute atomic E-state index is 13.8. The summed E-state index contributed by atoms with van der Waals surface area (Å²) < 4.78 is 13.8. The maximum atomic E-state index is 13.8. The standard InChI is InChI=1S/C21H16FN3O.ClH/c1-13-9-10-18-19(11-13)25-20(24-18)14-5-4-6-15(12-14)23-21(26)16-7-2-3-8-17(16)22;/h2-12H,1H3,(H,23,26)(H,24,25);1H. The van der Waals surface area contributed by atoms with Crippen molar-refractivity contribution in [3.8, 4) is 11.4 Å². The second-order valence-electron chi connectivity index (χ2n) is 6.12. The fourth-order valence-electron chi connectivity index (χ4n) is 2.85. The summed E-state index contributed by atoms with van der Waals surface area (Å²) in [6, 6.07) is 19.2. The number of imidazole rings is 1. The van der Waals surface area contributed by atoms with E-state index in [9.17, 15) is 9.18 Å². The number of H-pyrrole nitrogens is 1. The molecule has 0 fully saturated rings. The molecule has 4 aromatic rings. The first-order chi connectivity index (χ1) is 12.6. The number of halogens is 2. The molecule has 0 bridgehead atoms. The smallest absolute Gasteiger partial charge is 0.258 e. The van der Waals surface area contributed by atoms with Crippen molar-refractivity contribution in [1.82, 2.24) is 9.97 Å². The van der Waals surface area contributed by atoms with Gasteiger partial charge in [0, 0.05) is 11.3 Å². The lowest BCUT2D eigenvalue weighted by atomic mass is 10.1. The van der Waals surface area contributed by atoms with Crippen molar-refractivity contribution in [2.45, 2.75) is 6.92 Å². The van der Waals surface area contributed by atoms with Gasteiger partial charge in [-0.1, -0.05) is 30.3 Å². The van der Waals surface area contributed by atoms with Crippen LogP contribution in [0.25, 0.3) is 22.4 Å². The van der Waals surface area contributed by atoms with Crippen molar-refractivity contribution in [1.29, 1.82) is 0 Å². The van der Waals surface area contributed by atoms with Crippen molar-refractivity contribution < 1.29 is 9.18 Å². The second kappa shape index (κ2) is 7.60. The number of aryl methyl sites for hydroxylation is 1. The fourth-order valence-corrected chi connectivity index (χ4v) is 2.85. The normalized spacial score (nSPS) is 10.4. The lowest BCUT2D eigenvalue weighted by molar-refractivity contribution is 0.102. The van der Waals surface area contributed by atoms with Gasteiger partial charge in [-0.25, -0.2) is 9.37 Å². The molecule has 0 spiro atoms. The molecule has 0 unspecified atom stereocenters. The number of hydrogen-bond acceptors (Lipinski definition) is 2. The van der Waals surface area contributed by atoms with Crippen LogP contribution in [0.3, 0.4) is 0 Å². The van der Waals surface area contributed by atoms with E-state index in [4.69, 9.17) is 0 Å². The van der Waals surface area contributed by atoms with Crippen molar-refractivity contribution >= 4 is 35.0 Å². The molecular weight excluding hydrogens is 365 g/mol. The van der Waals surface area contributed by atoms with Gasteiger partial charge in [0.1, 0.15) is 11.6 Å². The van der Waals surface area contributed by atoms with Crippen molar-refractivity contribution in [2.75, 3.05) is 5.32 Å². The quantitative estimate of drug-likeness (QED) is 0.502. The summed E-state index contributed by atoms with van der Waals surface area (Å²) in [7, 11) is 0. The predicted molar refractivity (Wildman–Crippen MR) is 108 cm³/mol. The summed E-state index contributed by atoms with van der Waals surface area (Å²) in [6.45, 7) is 2.03. The van der Waals surface area contributed by atoms with Gasteiger partial charge in [-0.15, -0.1) is 12.4 Å². The Morgan fingerprint density at radius 1 is 1.04 bits per heavy atom. The Morgan fingerprint density at radius 2 is 1.85 bits per heavy atom. The molecule has 1 heterocycles. The Labute approximate surface area is 161 Å². The third kappa shape index (κ3) is 3.83. The largest absolute Gasteiger partial charge is 0.338 e. The maximum Gasteiger partial charge on any atom is 0.258 e. The molecule has 0 saturated heterocycles. The molecule has 3 aromatic carbocycles. The average molecular weight is 382 g/mol. The zero-order valence-corrected chi connectivity index (χ0v) is 15.3. The highest BCUT2D eigenvalue weighted by Crippen LogP contribution is 2.24. The van der Waals surface area contributed by atoms with E-state index >= 15 is 0 Å². The molecule has 6 heteroatoms. The Hall–Kier alpha value is -3.18. The molecule has 0 aliphatic heterocycles. The van der Waals surface area contributed by atoms with Crippen LogP contribution in [0.4, 0.5) is 10.1 Å². The van der Waals surface area contributed by atoms with Gasteiger partial charge in [0.25, 0.3) is 5.91 Å². The zero-order valence-electron chi connectivity index (χ0n) is 14.5. The second-order valence-corrected chi connectivity index (χ2v) is 6.12. The van der Waals surface area contributed by atoms with Crippen molar-refractivity contribution in [3.63, 3.8) is 0 Å². The van der Waals surface area contributed by atoms with E-state index in [1.807, 2.05) is 43.3 Å². The van der Waals surface area contributed by atoms with Gasteiger partial charge in [0.15, 0.2) is 0 Å². The number of carbonyl (C=O) groups excluding carboxylic acids is 1. The molecule has 0 aliphatic carbocycles. The minimum absolute atomic E-state index is 0. The summed E-state index contributed by atoms with van der Waals surface area (Å²) in [5, 5.41) is 2.73. The zero-order chi connectivity index (χ0) is 18.1. The van der Waals surface area contributed by atoms with E-state index in [1.165, 1.54) is 12.1 Å². The summed E-state index contributed by atoms with van der Waals surface area (Å²) in [4.78, 5) is 20.2. The van der Waals surface area contributed by atoms with Gasteiger partial charge in [0.05, 0.1) is 16.6 Å². The lowest BCUT2D eigenvalue weighted by Gasteiger charge is -2.07. The summed E-state index contributed by atoms with van der Waals surface area (Å²) in [5.74, 6) is -0.318. The van der Waals surface area contributed by atoms with Crippen LogP contribution in [0.15, 0.2) is 66.7 Å².